The first-order valence-corrected chi connectivity index (χ1v) is 15.2. The minimum absolute atomic E-state index is 0.111. The molecule has 4 nitrogen and oxygen atoms in total. The van der Waals surface area contributed by atoms with E-state index in [9.17, 15) is 10.2 Å². The molecule has 39 heavy (non-hydrogen) atoms. The molecule has 2 aromatic carbocycles. The second-order valence-corrected chi connectivity index (χ2v) is 15.4. The minimum atomic E-state index is -0.747. The van der Waals surface area contributed by atoms with Gasteiger partial charge < -0.3 is 19.7 Å². The fraction of sp³-hybridized carbons (Fsp3) is 0.657. The average Bonchev–Trinajstić information content (AvgIpc) is 3.26. The fourth-order valence-corrected chi connectivity index (χ4v) is 10.4. The molecule has 2 aromatic rings. The van der Waals surface area contributed by atoms with Gasteiger partial charge in [0.15, 0.2) is 0 Å². The second-order valence-electron chi connectivity index (χ2n) is 15.4. The van der Waals surface area contributed by atoms with E-state index in [1.54, 1.807) is 0 Å². The summed E-state index contributed by atoms with van der Waals surface area (Å²) in [4.78, 5) is 0. The standard InChI is InChI=1S/C35H46O4/c1-30(2)24-13-15-32(30,5)34(36,19-24)17-22-9-7-11-26-27-12-8-10-23(29(27)39-21-38-28(22)26)18-35(37)20-25-14-16-33(35,6)31(25,3)4/h7-12,24-25,36-37H,13-21H2,1-6H3/t24-,25-,32-,33-,34-,35-/m1/s1. The van der Waals surface area contributed by atoms with E-state index in [1.807, 2.05) is 0 Å². The van der Waals surface area contributed by atoms with Crippen molar-refractivity contribution in [2.24, 2.45) is 33.5 Å². The molecule has 0 spiro atoms. The van der Waals surface area contributed by atoms with Gasteiger partial charge in [-0.3, -0.25) is 0 Å². The predicted molar refractivity (Wildman–Crippen MR) is 154 cm³/mol. The van der Waals surface area contributed by atoms with Crippen LogP contribution in [0.3, 0.4) is 0 Å². The van der Waals surface area contributed by atoms with Crippen molar-refractivity contribution in [3.8, 4) is 22.6 Å². The summed E-state index contributed by atoms with van der Waals surface area (Å²) in [5.74, 6) is 2.78. The van der Waals surface area contributed by atoms with Crippen molar-refractivity contribution in [3.05, 3.63) is 47.5 Å². The van der Waals surface area contributed by atoms with Crippen molar-refractivity contribution < 1.29 is 19.7 Å². The molecule has 210 valence electrons. The monoisotopic (exact) mass is 530 g/mol. The summed E-state index contributed by atoms with van der Waals surface area (Å²) in [6, 6.07) is 12.7. The van der Waals surface area contributed by atoms with Crippen LogP contribution in [0.2, 0.25) is 0 Å². The molecule has 4 fully saturated rings. The smallest absolute Gasteiger partial charge is 0.230 e. The number of rotatable bonds is 4. The van der Waals surface area contributed by atoms with Crippen molar-refractivity contribution >= 4 is 0 Å². The fourth-order valence-electron chi connectivity index (χ4n) is 10.4. The van der Waals surface area contributed by atoms with Crippen LogP contribution in [0.25, 0.3) is 11.1 Å². The van der Waals surface area contributed by atoms with E-state index in [0.717, 1.165) is 59.4 Å². The van der Waals surface area contributed by atoms with Gasteiger partial charge in [-0.25, -0.2) is 0 Å². The molecule has 0 amide bonds. The largest absolute Gasteiger partial charge is 0.457 e. The van der Waals surface area contributed by atoms with Crippen LogP contribution in [0.5, 0.6) is 11.5 Å². The molecule has 5 aliphatic rings. The third kappa shape index (κ3) is 3.08. The summed E-state index contributed by atoms with van der Waals surface area (Å²) in [7, 11) is 0. The summed E-state index contributed by atoms with van der Waals surface area (Å²) >= 11 is 0. The lowest BCUT2D eigenvalue weighted by atomic mass is 9.62. The third-order valence-corrected chi connectivity index (χ3v) is 13.9. The van der Waals surface area contributed by atoms with E-state index in [2.05, 4.69) is 77.9 Å². The van der Waals surface area contributed by atoms with Gasteiger partial charge in [-0.15, -0.1) is 0 Å². The zero-order valence-electron chi connectivity index (χ0n) is 24.7. The van der Waals surface area contributed by atoms with E-state index >= 15 is 0 Å². The number of hydrogen-bond donors (Lipinski definition) is 2. The summed E-state index contributed by atoms with van der Waals surface area (Å²) in [6.45, 7) is 14.1. The first-order valence-electron chi connectivity index (χ1n) is 15.2. The van der Waals surface area contributed by atoms with Crippen LogP contribution >= 0.6 is 0 Å². The van der Waals surface area contributed by atoms with Crippen molar-refractivity contribution in [2.45, 2.75) is 104 Å². The minimum Gasteiger partial charge on any atom is -0.457 e. The maximum absolute atomic E-state index is 12.1. The van der Waals surface area contributed by atoms with E-state index < -0.39 is 11.2 Å². The highest BCUT2D eigenvalue weighted by molar-refractivity contribution is 5.79. The van der Waals surface area contributed by atoms with Crippen LogP contribution in [0.1, 0.15) is 91.2 Å². The summed E-state index contributed by atoms with van der Waals surface area (Å²) in [5.41, 5.74) is 2.69. The van der Waals surface area contributed by atoms with Gasteiger partial charge in [0, 0.05) is 34.8 Å². The van der Waals surface area contributed by atoms with Crippen molar-refractivity contribution in [1.29, 1.82) is 0 Å². The van der Waals surface area contributed by atoms with Crippen molar-refractivity contribution in [1.82, 2.24) is 0 Å². The Balaban J connectivity index is 1.25. The second kappa shape index (κ2) is 7.82. The lowest BCUT2D eigenvalue weighted by Gasteiger charge is -2.45. The van der Waals surface area contributed by atoms with Crippen molar-refractivity contribution in [3.63, 3.8) is 0 Å². The van der Waals surface area contributed by atoms with Crippen LogP contribution < -0.4 is 9.47 Å². The maximum Gasteiger partial charge on any atom is 0.230 e. The summed E-state index contributed by atoms with van der Waals surface area (Å²) in [5, 5.41) is 24.3. The molecule has 0 radical (unpaired) electrons. The van der Waals surface area contributed by atoms with Crippen LogP contribution in [0, 0.1) is 33.5 Å². The molecule has 4 saturated carbocycles. The predicted octanol–water partition coefficient (Wildman–Crippen LogP) is 7.32. The topological polar surface area (TPSA) is 58.9 Å². The lowest BCUT2D eigenvalue weighted by Crippen LogP contribution is -2.48. The number of benzene rings is 2. The molecule has 6 atom stereocenters. The van der Waals surface area contributed by atoms with Gasteiger partial charge in [0.05, 0.1) is 11.2 Å². The molecule has 7 rings (SSSR count). The normalized spacial score (nSPS) is 40.5. The Morgan fingerprint density at radius 3 is 1.41 bits per heavy atom. The highest BCUT2D eigenvalue weighted by Gasteiger charge is 2.69. The molecule has 0 unspecified atom stereocenters. The molecule has 4 aliphatic carbocycles. The molecular weight excluding hydrogens is 484 g/mol. The highest BCUT2D eigenvalue weighted by Crippen LogP contribution is 2.71. The number of fused-ring (bicyclic) bond motifs is 7. The Morgan fingerprint density at radius 1 is 0.667 bits per heavy atom. The van der Waals surface area contributed by atoms with E-state index in [0.29, 0.717) is 24.7 Å². The van der Waals surface area contributed by atoms with E-state index in [1.165, 1.54) is 12.8 Å². The molecule has 2 N–H and O–H groups in total. The first kappa shape index (κ1) is 25.9. The molecule has 1 aliphatic heterocycles. The zero-order valence-corrected chi connectivity index (χ0v) is 24.7. The Hall–Kier alpha value is -2.04. The third-order valence-electron chi connectivity index (χ3n) is 13.9. The van der Waals surface area contributed by atoms with Gasteiger partial charge in [-0.2, -0.15) is 0 Å². The SMILES string of the molecule is CC1(C)[C@@H]2CC[C@@]1(C)[C@@](O)(Cc1cccc3c1OCOc1c(C[C@@]4(O)C[C@H]5CC[C@]4(C)C5(C)C)cccc1-3)C2. The Morgan fingerprint density at radius 2 is 1.08 bits per heavy atom. The lowest BCUT2D eigenvalue weighted by molar-refractivity contribution is -0.0889. The maximum atomic E-state index is 12.1. The molecule has 4 bridgehead atoms. The van der Waals surface area contributed by atoms with Crippen LogP contribution in [-0.4, -0.2) is 28.2 Å². The van der Waals surface area contributed by atoms with Crippen LogP contribution in [0.15, 0.2) is 36.4 Å². The molecule has 0 saturated heterocycles. The van der Waals surface area contributed by atoms with Crippen LogP contribution in [0.4, 0.5) is 0 Å². The molecule has 4 heteroatoms. The molecule has 1 heterocycles. The van der Waals surface area contributed by atoms with E-state index in [4.69, 9.17) is 9.47 Å². The molecule has 0 aromatic heterocycles. The highest BCUT2D eigenvalue weighted by atomic mass is 16.7. The zero-order chi connectivity index (χ0) is 27.6. The van der Waals surface area contributed by atoms with Gasteiger partial charge in [0.1, 0.15) is 11.5 Å². The Kier molecular flexibility index (Phi) is 5.19. The van der Waals surface area contributed by atoms with Gasteiger partial charge in [0.25, 0.3) is 0 Å². The van der Waals surface area contributed by atoms with Gasteiger partial charge in [-0.05, 0) is 72.3 Å². The quantitative estimate of drug-likeness (QED) is 0.435. The molecular formula is C35H46O4. The Bertz CT molecular complexity index is 1240. The number of aliphatic hydroxyl groups is 2. The van der Waals surface area contributed by atoms with Gasteiger partial charge in [-0.1, -0.05) is 77.9 Å². The van der Waals surface area contributed by atoms with Gasteiger partial charge >= 0.3 is 0 Å². The number of ether oxygens (including phenoxy) is 2. The first-order chi connectivity index (χ1) is 18.3. The number of hydrogen-bond acceptors (Lipinski definition) is 4. The average molecular weight is 531 g/mol. The Labute approximate surface area is 234 Å². The summed E-state index contributed by atoms with van der Waals surface area (Å²) < 4.78 is 12.7. The summed E-state index contributed by atoms with van der Waals surface area (Å²) in [6.07, 6.45) is 7.47. The number of para-hydroxylation sites is 2. The van der Waals surface area contributed by atoms with E-state index in [-0.39, 0.29) is 28.5 Å². The van der Waals surface area contributed by atoms with Gasteiger partial charge in [0.2, 0.25) is 6.79 Å². The van der Waals surface area contributed by atoms with Crippen molar-refractivity contribution in [2.75, 3.05) is 6.79 Å². The van der Waals surface area contributed by atoms with Crippen LogP contribution in [-0.2, 0) is 12.8 Å².